The molecule has 17 heavy (non-hydrogen) atoms. The molecule has 0 saturated carbocycles. The van der Waals surface area contributed by atoms with Crippen LogP contribution in [0.15, 0.2) is 12.3 Å². The van der Waals surface area contributed by atoms with Gasteiger partial charge in [0.1, 0.15) is 5.82 Å². The van der Waals surface area contributed by atoms with E-state index >= 15 is 0 Å². The summed E-state index contributed by atoms with van der Waals surface area (Å²) in [6, 6.07) is 1.81. The Bertz CT molecular complexity index is 355. The van der Waals surface area contributed by atoms with Crippen LogP contribution in [0.1, 0.15) is 39.7 Å². The molecule has 1 aromatic heterocycles. The van der Waals surface area contributed by atoms with E-state index in [4.69, 9.17) is 4.74 Å². The highest BCUT2D eigenvalue weighted by Crippen LogP contribution is 2.18. The van der Waals surface area contributed by atoms with Gasteiger partial charge in [-0.15, -0.1) is 0 Å². The lowest BCUT2D eigenvalue weighted by Gasteiger charge is -2.16. The van der Waals surface area contributed by atoms with Gasteiger partial charge in [-0.1, -0.05) is 20.8 Å². The first-order valence-corrected chi connectivity index (χ1v) is 6.07. The highest BCUT2D eigenvalue weighted by atomic mass is 19.1. The third-order valence-corrected chi connectivity index (χ3v) is 2.48. The Morgan fingerprint density at radius 1 is 1.41 bits per heavy atom. The molecule has 0 fully saturated rings. The Kier molecular flexibility index (Phi) is 5.35. The molecule has 0 bridgehead atoms. The summed E-state index contributed by atoms with van der Waals surface area (Å²) >= 11 is 0. The number of hydrogen-bond acceptors (Lipinski definition) is 3. The molecular formula is C13H21FN2O. The molecule has 1 heterocycles. The van der Waals surface area contributed by atoms with Gasteiger partial charge in [0.15, 0.2) is 0 Å². The summed E-state index contributed by atoms with van der Waals surface area (Å²) in [5.74, 6) is 0.191. The molecule has 0 aromatic carbocycles. The molecule has 96 valence electrons. The second-order valence-corrected chi connectivity index (χ2v) is 4.49. The fourth-order valence-corrected chi connectivity index (χ4v) is 1.29. The van der Waals surface area contributed by atoms with Gasteiger partial charge in [-0.25, -0.2) is 9.37 Å². The van der Waals surface area contributed by atoms with Crippen molar-refractivity contribution in [1.29, 1.82) is 0 Å². The van der Waals surface area contributed by atoms with Crippen LogP contribution in [0.4, 0.5) is 4.39 Å². The molecule has 0 saturated heterocycles. The molecule has 1 atom stereocenters. The fraction of sp³-hybridized carbons (Fsp3) is 0.615. The van der Waals surface area contributed by atoms with E-state index in [0.717, 1.165) is 12.0 Å². The van der Waals surface area contributed by atoms with Crippen LogP contribution >= 0.6 is 0 Å². The van der Waals surface area contributed by atoms with E-state index in [2.05, 4.69) is 10.3 Å². The lowest BCUT2D eigenvalue weighted by atomic mass is 10.2. The Labute approximate surface area is 102 Å². The second kappa shape index (κ2) is 6.55. The highest BCUT2D eigenvalue weighted by Gasteiger charge is 2.10. The van der Waals surface area contributed by atoms with E-state index in [9.17, 15) is 4.39 Å². The standard InChI is InChI=1S/C13H21FN2O/c1-5-10(4)17-13-11(7-15-9(2)3)6-12(14)8-16-13/h6,8-10,15H,5,7H2,1-4H3. The predicted octanol–water partition coefficient (Wildman–Crippen LogP) is 2.90. The zero-order valence-corrected chi connectivity index (χ0v) is 11.0. The molecule has 0 radical (unpaired) electrons. The number of ether oxygens (including phenoxy) is 1. The monoisotopic (exact) mass is 240 g/mol. The smallest absolute Gasteiger partial charge is 0.218 e. The van der Waals surface area contributed by atoms with Crippen molar-refractivity contribution in [3.63, 3.8) is 0 Å². The molecule has 0 aliphatic heterocycles. The maximum absolute atomic E-state index is 13.1. The number of nitrogens with one attached hydrogen (secondary N) is 1. The Morgan fingerprint density at radius 2 is 2.12 bits per heavy atom. The van der Waals surface area contributed by atoms with E-state index < -0.39 is 0 Å². The summed E-state index contributed by atoms with van der Waals surface area (Å²) in [4.78, 5) is 4.01. The van der Waals surface area contributed by atoms with Crippen molar-refractivity contribution < 1.29 is 9.13 Å². The minimum Gasteiger partial charge on any atom is -0.474 e. The molecular weight excluding hydrogens is 219 g/mol. The van der Waals surface area contributed by atoms with Crippen LogP contribution in [-0.4, -0.2) is 17.1 Å². The van der Waals surface area contributed by atoms with Crippen LogP contribution in [0, 0.1) is 5.82 Å². The van der Waals surface area contributed by atoms with Gasteiger partial charge in [0.05, 0.1) is 12.3 Å². The Morgan fingerprint density at radius 3 is 2.71 bits per heavy atom. The number of rotatable bonds is 6. The molecule has 0 amide bonds. The van der Waals surface area contributed by atoms with Crippen molar-refractivity contribution in [1.82, 2.24) is 10.3 Å². The van der Waals surface area contributed by atoms with Gasteiger partial charge in [-0.2, -0.15) is 0 Å². The summed E-state index contributed by atoms with van der Waals surface area (Å²) in [7, 11) is 0. The first kappa shape index (κ1) is 13.9. The zero-order chi connectivity index (χ0) is 12.8. The van der Waals surface area contributed by atoms with E-state index in [0.29, 0.717) is 18.5 Å². The van der Waals surface area contributed by atoms with Gasteiger partial charge in [0.25, 0.3) is 0 Å². The van der Waals surface area contributed by atoms with Crippen molar-refractivity contribution in [3.8, 4) is 5.88 Å². The molecule has 1 aromatic rings. The quantitative estimate of drug-likeness (QED) is 0.830. The largest absolute Gasteiger partial charge is 0.474 e. The van der Waals surface area contributed by atoms with Crippen molar-refractivity contribution in [2.45, 2.75) is 52.8 Å². The van der Waals surface area contributed by atoms with Crippen molar-refractivity contribution in [3.05, 3.63) is 23.6 Å². The van der Waals surface area contributed by atoms with Crippen LogP contribution in [0.5, 0.6) is 5.88 Å². The van der Waals surface area contributed by atoms with Gasteiger partial charge in [0.2, 0.25) is 5.88 Å². The molecule has 4 heteroatoms. The first-order valence-electron chi connectivity index (χ1n) is 6.07. The molecule has 1 unspecified atom stereocenters. The average molecular weight is 240 g/mol. The predicted molar refractivity (Wildman–Crippen MR) is 66.6 cm³/mol. The maximum atomic E-state index is 13.1. The number of hydrogen-bond donors (Lipinski definition) is 1. The first-order chi connectivity index (χ1) is 8.02. The maximum Gasteiger partial charge on any atom is 0.218 e. The molecule has 3 nitrogen and oxygen atoms in total. The summed E-state index contributed by atoms with van der Waals surface area (Å²) in [6.07, 6.45) is 2.18. The Balaban J connectivity index is 2.79. The third kappa shape index (κ3) is 4.69. The van der Waals surface area contributed by atoms with Gasteiger partial charge >= 0.3 is 0 Å². The minimum absolute atomic E-state index is 0.0887. The van der Waals surface area contributed by atoms with Crippen LogP contribution in [0.2, 0.25) is 0 Å². The summed E-state index contributed by atoms with van der Waals surface area (Å²) in [5.41, 5.74) is 0.763. The fourth-order valence-electron chi connectivity index (χ4n) is 1.29. The van der Waals surface area contributed by atoms with E-state index in [1.807, 2.05) is 27.7 Å². The lowest BCUT2D eigenvalue weighted by molar-refractivity contribution is 0.205. The van der Waals surface area contributed by atoms with Crippen LogP contribution in [0.3, 0.4) is 0 Å². The van der Waals surface area contributed by atoms with Crippen LogP contribution < -0.4 is 10.1 Å². The van der Waals surface area contributed by atoms with Gasteiger partial charge in [-0.3, -0.25) is 0 Å². The molecule has 0 aliphatic carbocycles. The molecule has 1 rings (SSSR count). The summed E-state index contributed by atoms with van der Waals surface area (Å²) in [5, 5.41) is 3.23. The molecule has 0 spiro atoms. The zero-order valence-electron chi connectivity index (χ0n) is 11.0. The highest BCUT2D eigenvalue weighted by molar-refractivity contribution is 5.26. The van der Waals surface area contributed by atoms with Gasteiger partial charge in [-0.05, 0) is 19.4 Å². The molecule has 1 N–H and O–H groups in total. The van der Waals surface area contributed by atoms with Crippen LogP contribution in [-0.2, 0) is 6.54 Å². The minimum atomic E-state index is -0.331. The third-order valence-electron chi connectivity index (χ3n) is 2.48. The second-order valence-electron chi connectivity index (χ2n) is 4.49. The van der Waals surface area contributed by atoms with E-state index in [1.165, 1.54) is 12.3 Å². The van der Waals surface area contributed by atoms with Gasteiger partial charge in [0, 0.05) is 18.2 Å². The van der Waals surface area contributed by atoms with Crippen molar-refractivity contribution >= 4 is 0 Å². The average Bonchev–Trinajstić information content (AvgIpc) is 2.29. The summed E-state index contributed by atoms with van der Waals surface area (Å²) in [6.45, 7) is 8.67. The van der Waals surface area contributed by atoms with Crippen molar-refractivity contribution in [2.24, 2.45) is 0 Å². The SMILES string of the molecule is CCC(C)Oc1ncc(F)cc1CNC(C)C. The number of halogens is 1. The molecule has 0 aliphatic rings. The van der Waals surface area contributed by atoms with Gasteiger partial charge < -0.3 is 10.1 Å². The number of aromatic nitrogens is 1. The van der Waals surface area contributed by atoms with E-state index in [-0.39, 0.29) is 11.9 Å². The number of nitrogens with zero attached hydrogens (tertiary/aromatic N) is 1. The van der Waals surface area contributed by atoms with E-state index in [1.54, 1.807) is 0 Å². The lowest BCUT2D eigenvalue weighted by Crippen LogP contribution is -2.23. The normalized spacial score (nSPS) is 12.8. The number of pyridine rings is 1. The summed E-state index contributed by atoms with van der Waals surface area (Å²) < 4.78 is 18.8. The van der Waals surface area contributed by atoms with Crippen LogP contribution in [0.25, 0.3) is 0 Å². The Hall–Kier alpha value is -1.16. The van der Waals surface area contributed by atoms with Crippen molar-refractivity contribution in [2.75, 3.05) is 0 Å². The topological polar surface area (TPSA) is 34.1 Å².